The average molecular weight is 246 g/mol. The monoisotopic (exact) mass is 246 g/mol. The molecule has 0 aliphatic carbocycles. The lowest BCUT2D eigenvalue weighted by Crippen LogP contribution is -2.13. The Bertz CT molecular complexity index is 204. The van der Waals surface area contributed by atoms with E-state index in [1.165, 1.54) is 5.92 Å². The molecule has 0 aromatic carbocycles. The molecule has 0 fully saturated rings. The summed E-state index contributed by atoms with van der Waals surface area (Å²) >= 11 is 0. The summed E-state index contributed by atoms with van der Waals surface area (Å²) in [7, 11) is -2.14. The lowest BCUT2D eigenvalue weighted by Gasteiger charge is -1.98. The van der Waals surface area contributed by atoms with Crippen molar-refractivity contribution in [3.05, 3.63) is 12.3 Å². The third-order valence-electron chi connectivity index (χ3n) is 2.02. The Morgan fingerprint density at radius 1 is 1.19 bits per heavy atom. The van der Waals surface area contributed by atoms with Crippen molar-refractivity contribution in [2.75, 3.05) is 13.1 Å². The topological polar surface area (TPSA) is 67.3 Å². The second kappa shape index (κ2) is 12.7. The van der Waals surface area contributed by atoms with Gasteiger partial charge in [0, 0.05) is 13.1 Å². The van der Waals surface area contributed by atoms with Gasteiger partial charge >= 0.3 is 0 Å². The molecule has 94 valence electrons. The number of unbranched alkanes of at least 4 members (excludes halogenated alkanes) is 3. The summed E-state index contributed by atoms with van der Waals surface area (Å²) in [5, 5.41) is 6.02. The molecule has 0 spiro atoms. The van der Waals surface area contributed by atoms with E-state index in [-0.39, 0.29) is 0 Å². The smallest absolute Gasteiger partial charge is 0.229 e. The highest BCUT2D eigenvalue weighted by molar-refractivity contribution is 7.43. The van der Waals surface area contributed by atoms with Crippen LogP contribution in [0.3, 0.4) is 0 Å². The summed E-state index contributed by atoms with van der Waals surface area (Å²) in [5.74, 6) is 1.24. The Hall–Kier alpha value is -0.410. The van der Waals surface area contributed by atoms with Gasteiger partial charge in [-0.2, -0.15) is 4.89 Å². The van der Waals surface area contributed by atoms with Crippen LogP contribution in [0.25, 0.3) is 0 Å². The SMILES string of the molecule is CCCNC=CCCCCCN/C=[P+](\[O-])O. The van der Waals surface area contributed by atoms with Crippen LogP contribution in [0.4, 0.5) is 0 Å². The van der Waals surface area contributed by atoms with E-state index in [1.54, 1.807) is 0 Å². The molecule has 5 heteroatoms. The van der Waals surface area contributed by atoms with E-state index in [2.05, 4.69) is 23.6 Å². The molecule has 0 aliphatic heterocycles. The minimum atomic E-state index is -2.14. The molecule has 0 heterocycles. The molecular formula is C11H23N2O2P. The molecule has 0 saturated carbocycles. The molecule has 0 rings (SSSR count). The lowest BCUT2D eigenvalue weighted by molar-refractivity contribution is -0.167. The van der Waals surface area contributed by atoms with Gasteiger partial charge in [0.2, 0.25) is 8.00 Å². The first kappa shape index (κ1) is 15.6. The van der Waals surface area contributed by atoms with E-state index in [0.29, 0.717) is 0 Å². The zero-order valence-electron chi connectivity index (χ0n) is 9.98. The molecule has 0 bridgehead atoms. The average Bonchev–Trinajstić information content (AvgIpc) is 2.25. The van der Waals surface area contributed by atoms with Crippen LogP contribution in [0.5, 0.6) is 0 Å². The zero-order valence-corrected chi connectivity index (χ0v) is 10.9. The summed E-state index contributed by atoms with van der Waals surface area (Å²) in [6, 6.07) is 0. The van der Waals surface area contributed by atoms with E-state index in [0.717, 1.165) is 45.2 Å². The van der Waals surface area contributed by atoms with E-state index < -0.39 is 8.00 Å². The van der Waals surface area contributed by atoms with Crippen LogP contribution in [0.1, 0.15) is 39.0 Å². The number of rotatable bonds is 10. The molecule has 0 amide bonds. The van der Waals surface area contributed by atoms with Gasteiger partial charge in [0.05, 0.1) is 0 Å². The molecule has 16 heavy (non-hydrogen) atoms. The molecule has 0 saturated heterocycles. The van der Waals surface area contributed by atoms with Crippen molar-refractivity contribution in [3.8, 4) is 0 Å². The van der Waals surface area contributed by atoms with Crippen LogP contribution in [-0.4, -0.2) is 23.9 Å². The fourth-order valence-corrected chi connectivity index (χ4v) is 1.49. The van der Waals surface area contributed by atoms with Crippen LogP contribution in [0.15, 0.2) is 12.3 Å². The van der Waals surface area contributed by atoms with Gasteiger partial charge in [-0.1, -0.05) is 19.4 Å². The standard InChI is InChI=1S/C11H23N2O2P/c1-2-8-12-9-6-4-3-5-7-10-13-11-16(14)15/h6,9,11-13H,2-5,7-8,10H2,1H3,(H,14,15). The lowest BCUT2D eigenvalue weighted by atomic mass is 10.2. The third kappa shape index (κ3) is 13.6. The molecule has 1 unspecified atom stereocenters. The highest BCUT2D eigenvalue weighted by Crippen LogP contribution is 2.00. The fraction of sp³-hybridized carbons (Fsp3) is 0.727. The van der Waals surface area contributed by atoms with Gasteiger partial charge in [0.1, 0.15) is 0 Å². The van der Waals surface area contributed by atoms with Crippen LogP contribution >= 0.6 is 8.00 Å². The summed E-state index contributed by atoms with van der Waals surface area (Å²) in [6.07, 6.45) is 9.76. The number of hydrogen-bond acceptors (Lipinski definition) is 3. The third-order valence-corrected chi connectivity index (χ3v) is 2.43. The van der Waals surface area contributed by atoms with Crippen LogP contribution < -0.4 is 15.5 Å². The van der Waals surface area contributed by atoms with Crippen molar-refractivity contribution < 1.29 is 9.79 Å². The van der Waals surface area contributed by atoms with Gasteiger partial charge < -0.3 is 10.2 Å². The largest absolute Gasteiger partial charge is 0.602 e. The molecule has 0 radical (unpaired) electrons. The molecule has 0 aromatic rings. The maximum atomic E-state index is 10.3. The quantitative estimate of drug-likeness (QED) is 0.398. The maximum absolute atomic E-state index is 10.3. The highest BCUT2D eigenvalue weighted by Gasteiger charge is 1.89. The second-order valence-corrected chi connectivity index (χ2v) is 4.45. The summed E-state index contributed by atoms with van der Waals surface area (Å²) < 4.78 is 0. The Kier molecular flexibility index (Phi) is 12.3. The fourth-order valence-electron chi connectivity index (χ4n) is 1.20. The molecule has 1 atom stereocenters. The van der Waals surface area contributed by atoms with Gasteiger partial charge in [-0.15, -0.1) is 0 Å². The molecule has 0 aliphatic rings. The first-order valence-corrected chi connectivity index (χ1v) is 7.16. The first-order chi connectivity index (χ1) is 7.77. The molecule has 4 nitrogen and oxygen atoms in total. The zero-order chi connectivity index (χ0) is 12.1. The van der Waals surface area contributed by atoms with E-state index in [4.69, 9.17) is 4.89 Å². The van der Waals surface area contributed by atoms with E-state index in [9.17, 15) is 4.89 Å². The van der Waals surface area contributed by atoms with Crippen molar-refractivity contribution in [3.63, 3.8) is 0 Å². The Morgan fingerprint density at radius 2 is 2.00 bits per heavy atom. The second-order valence-electron chi connectivity index (χ2n) is 3.59. The van der Waals surface area contributed by atoms with E-state index >= 15 is 0 Å². The van der Waals surface area contributed by atoms with E-state index in [1.807, 2.05) is 6.20 Å². The van der Waals surface area contributed by atoms with Crippen molar-refractivity contribution in [1.82, 2.24) is 10.6 Å². The molecular weight excluding hydrogens is 223 g/mol. The van der Waals surface area contributed by atoms with Gasteiger partial charge in [0.15, 0.2) is 5.92 Å². The van der Waals surface area contributed by atoms with Gasteiger partial charge in [-0.3, -0.25) is 5.32 Å². The van der Waals surface area contributed by atoms with Crippen molar-refractivity contribution in [1.29, 1.82) is 0 Å². The van der Waals surface area contributed by atoms with Crippen molar-refractivity contribution in [2.24, 2.45) is 0 Å². The normalized spacial score (nSPS) is 12.3. The number of hydrogen-bond donors (Lipinski definition) is 3. The van der Waals surface area contributed by atoms with Crippen LogP contribution in [-0.2, 0) is 0 Å². The Balaban J connectivity index is 3.09. The minimum absolute atomic E-state index is 0.777. The number of allylic oxidation sites excluding steroid dienone is 1. The summed E-state index contributed by atoms with van der Waals surface area (Å²) in [4.78, 5) is 18.7. The maximum Gasteiger partial charge on any atom is 0.229 e. The van der Waals surface area contributed by atoms with Crippen molar-refractivity contribution in [2.45, 2.75) is 39.0 Å². The first-order valence-electron chi connectivity index (χ1n) is 5.87. The Labute approximate surface area is 99.3 Å². The molecule has 0 aromatic heterocycles. The van der Waals surface area contributed by atoms with Crippen LogP contribution in [0, 0.1) is 0 Å². The predicted molar refractivity (Wildman–Crippen MR) is 69.1 cm³/mol. The highest BCUT2D eigenvalue weighted by atomic mass is 31.1. The minimum Gasteiger partial charge on any atom is -0.602 e. The summed E-state index contributed by atoms with van der Waals surface area (Å²) in [5.41, 5.74) is 0. The van der Waals surface area contributed by atoms with Crippen LogP contribution in [0.2, 0.25) is 0 Å². The summed E-state index contributed by atoms with van der Waals surface area (Å²) in [6.45, 7) is 3.96. The number of nitrogens with one attached hydrogen (secondary N) is 2. The Morgan fingerprint density at radius 3 is 2.69 bits per heavy atom. The predicted octanol–water partition coefficient (Wildman–Crippen LogP) is 1.07. The van der Waals surface area contributed by atoms with Gasteiger partial charge in [0.25, 0.3) is 0 Å². The van der Waals surface area contributed by atoms with Gasteiger partial charge in [-0.05, 0) is 31.9 Å². The van der Waals surface area contributed by atoms with Crippen molar-refractivity contribution >= 4 is 13.9 Å². The molecule has 3 N–H and O–H groups in total. The van der Waals surface area contributed by atoms with Gasteiger partial charge in [-0.25, -0.2) is 0 Å².